The fourth-order valence-electron chi connectivity index (χ4n) is 2.62. The van der Waals surface area contributed by atoms with Crippen LogP contribution in [0.3, 0.4) is 0 Å². The summed E-state index contributed by atoms with van der Waals surface area (Å²) in [5.41, 5.74) is 1.63. The molecule has 0 radical (unpaired) electrons. The van der Waals surface area contributed by atoms with Gasteiger partial charge in [-0.15, -0.1) is 0 Å². The van der Waals surface area contributed by atoms with Crippen LogP contribution in [-0.4, -0.2) is 40.9 Å². The normalized spacial score (nSPS) is 20.3. The maximum atomic E-state index is 4.22. The van der Waals surface area contributed by atoms with E-state index in [0.717, 1.165) is 6.54 Å². The van der Waals surface area contributed by atoms with Gasteiger partial charge < -0.3 is 10.2 Å². The summed E-state index contributed by atoms with van der Waals surface area (Å²) in [6, 6.07) is 2.45. The van der Waals surface area contributed by atoms with Gasteiger partial charge in [0.25, 0.3) is 0 Å². The molecule has 0 aliphatic heterocycles. The van der Waals surface area contributed by atoms with Crippen LogP contribution >= 0.6 is 0 Å². The minimum absolute atomic E-state index is 0.361. The number of nitrogens with one attached hydrogen (secondary N) is 1. The smallest absolute Gasteiger partial charge is 0.0547 e. The number of hydrogen-bond acceptors (Lipinski definition) is 3. The third-order valence-corrected chi connectivity index (χ3v) is 4.27. The molecule has 0 aromatic carbocycles. The lowest BCUT2D eigenvalue weighted by molar-refractivity contribution is 0.0574. The Hall–Kier alpha value is -0.870. The molecule has 0 amide bonds. The molecule has 1 aliphatic carbocycles. The summed E-state index contributed by atoms with van der Waals surface area (Å²) >= 11 is 0. The topological polar surface area (TPSA) is 33.1 Å². The molecular formula is C13H24N4. The summed E-state index contributed by atoms with van der Waals surface area (Å²) in [7, 11) is 6.38. The van der Waals surface area contributed by atoms with Crippen molar-refractivity contribution in [2.24, 2.45) is 7.05 Å². The van der Waals surface area contributed by atoms with E-state index in [-0.39, 0.29) is 0 Å². The monoisotopic (exact) mass is 236 g/mol. The molecule has 0 bridgehead atoms. The van der Waals surface area contributed by atoms with Crippen molar-refractivity contribution in [1.82, 2.24) is 20.0 Å². The quantitative estimate of drug-likeness (QED) is 0.842. The van der Waals surface area contributed by atoms with E-state index in [1.165, 1.54) is 25.0 Å². The fourth-order valence-corrected chi connectivity index (χ4v) is 2.62. The van der Waals surface area contributed by atoms with Crippen molar-refractivity contribution in [3.05, 3.63) is 18.0 Å². The van der Waals surface area contributed by atoms with Gasteiger partial charge in [-0.3, -0.25) is 4.68 Å². The Morgan fingerprint density at radius 1 is 1.53 bits per heavy atom. The summed E-state index contributed by atoms with van der Waals surface area (Å²) in [5, 5.41) is 7.87. The lowest BCUT2D eigenvalue weighted by Gasteiger charge is -2.48. The maximum absolute atomic E-state index is 4.22. The first kappa shape index (κ1) is 12.6. The average Bonchev–Trinajstić information content (AvgIpc) is 2.62. The lowest BCUT2D eigenvalue weighted by atomic mass is 9.75. The van der Waals surface area contributed by atoms with Gasteiger partial charge in [-0.25, -0.2) is 0 Å². The van der Waals surface area contributed by atoms with Crippen LogP contribution in [0.2, 0.25) is 0 Å². The van der Waals surface area contributed by atoms with Crippen molar-refractivity contribution in [3.8, 4) is 0 Å². The van der Waals surface area contributed by atoms with Crippen molar-refractivity contribution >= 4 is 0 Å². The van der Waals surface area contributed by atoms with Crippen LogP contribution in [0.5, 0.6) is 0 Å². The third kappa shape index (κ3) is 2.38. The molecule has 4 nitrogen and oxygen atoms in total. The number of likely N-dealkylation sites (N-methyl/N-ethyl adjacent to an activating group) is 1. The predicted molar refractivity (Wildman–Crippen MR) is 69.9 cm³/mol. The van der Waals surface area contributed by atoms with Crippen molar-refractivity contribution in [3.63, 3.8) is 0 Å². The van der Waals surface area contributed by atoms with E-state index in [2.05, 4.69) is 42.4 Å². The second-order valence-electron chi connectivity index (χ2n) is 5.45. The SMILES string of the molecule is CC(NCC1(N(C)C)CCC1)c1ccnn1C. The van der Waals surface area contributed by atoms with Crippen LogP contribution in [0, 0.1) is 0 Å². The van der Waals surface area contributed by atoms with Crippen LogP contribution in [0.4, 0.5) is 0 Å². The summed E-state index contributed by atoms with van der Waals surface area (Å²) in [6.07, 6.45) is 5.84. The highest BCUT2D eigenvalue weighted by Crippen LogP contribution is 2.35. The molecule has 1 aromatic heterocycles. The summed E-state index contributed by atoms with van der Waals surface area (Å²) in [6.45, 7) is 3.27. The molecule has 1 heterocycles. The minimum atomic E-state index is 0.361. The molecule has 4 heteroatoms. The largest absolute Gasteiger partial charge is 0.307 e. The van der Waals surface area contributed by atoms with Gasteiger partial charge in [0, 0.05) is 31.4 Å². The highest BCUT2D eigenvalue weighted by Gasteiger charge is 2.38. The summed E-state index contributed by atoms with van der Waals surface area (Å²) < 4.78 is 1.95. The van der Waals surface area contributed by atoms with Gasteiger partial charge in [0.15, 0.2) is 0 Å². The lowest BCUT2D eigenvalue weighted by Crippen LogP contribution is -2.56. The van der Waals surface area contributed by atoms with Crippen LogP contribution in [-0.2, 0) is 7.05 Å². The Morgan fingerprint density at radius 3 is 2.65 bits per heavy atom. The number of aryl methyl sites for hydroxylation is 1. The van der Waals surface area contributed by atoms with E-state index in [9.17, 15) is 0 Å². The molecule has 2 rings (SSSR count). The molecule has 1 atom stereocenters. The highest BCUT2D eigenvalue weighted by atomic mass is 15.3. The van der Waals surface area contributed by atoms with E-state index in [0.29, 0.717) is 11.6 Å². The Morgan fingerprint density at radius 2 is 2.24 bits per heavy atom. The molecule has 1 aliphatic rings. The first-order chi connectivity index (χ1) is 8.05. The van der Waals surface area contributed by atoms with E-state index in [1.54, 1.807) is 0 Å². The second-order valence-corrected chi connectivity index (χ2v) is 5.45. The molecule has 17 heavy (non-hydrogen) atoms. The van der Waals surface area contributed by atoms with Gasteiger partial charge in [0.2, 0.25) is 0 Å². The summed E-state index contributed by atoms with van der Waals surface area (Å²) in [5.74, 6) is 0. The molecule has 0 spiro atoms. The number of aromatic nitrogens is 2. The van der Waals surface area contributed by atoms with Gasteiger partial charge in [-0.05, 0) is 46.3 Å². The fraction of sp³-hybridized carbons (Fsp3) is 0.769. The van der Waals surface area contributed by atoms with E-state index >= 15 is 0 Å². The maximum Gasteiger partial charge on any atom is 0.0547 e. The zero-order valence-electron chi connectivity index (χ0n) is 11.4. The van der Waals surface area contributed by atoms with E-state index in [1.807, 2.05) is 17.9 Å². The molecular weight excluding hydrogens is 212 g/mol. The van der Waals surface area contributed by atoms with Gasteiger partial charge in [0.1, 0.15) is 0 Å². The number of rotatable bonds is 5. The Balaban J connectivity index is 1.92. The van der Waals surface area contributed by atoms with Crippen molar-refractivity contribution < 1.29 is 0 Å². The van der Waals surface area contributed by atoms with Crippen molar-refractivity contribution in [2.45, 2.75) is 37.8 Å². The van der Waals surface area contributed by atoms with Gasteiger partial charge in [0.05, 0.1) is 5.69 Å². The van der Waals surface area contributed by atoms with Crippen LogP contribution in [0.25, 0.3) is 0 Å². The first-order valence-electron chi connectivity index (χ1n) is 6.44. The van der Waals surface area contributed by atoms with Crippen LogP contribution < -0.4 is 5.32 Å². The number of nitrogens with zero attached hydrogens (tertiary/aromatic N) is 3. The zero-order chi connectivity index (χ0) is 12.5. The minimum Gasteiger partial charge on any atom is -0.307 e. The molecule has 1 N–H and O–H groups in total. The van der Waals surface area contributed by atoms with Gasteiger partial charge in [-0.1, -0.05) is 0 Å². The molecule has 1 fully saturated rings. The van der Waals surface area contributed by atoms with Crippen molar-refractivity contribution in [2.75, 3.05) is 20.6 Å². The standard InChI is InChI=1S/C13H24N4/c1-11(12-6-9-15-17(12)4)14-10-13(16(2)3)7-5-8-13/h6,9,11,14H,5,7-8,10H2,1-4H3. The average molecular weight is 236 g/mol. The Labute approximate surface area is 104 Å². The zero-order valence-corrected chi connectivity index (χ0v) is 11.4. The predicted octanol–water partition coefficient (Wildman–Crippen LogP) is 1.55. The molecule has 96 valence electrons. The molecule has 1 saturated carbocycles. The Bertz CT molecular complexity index is 365. The van der Waals surface area contributed by atoms with Crippen LogP contribution in [0.1, 0.15) is 37.9 Å². The van der Waals surface area contributed by atoms with Gasteiger partial charge >= 0.3 is 0 Å². The molecule has 1 aromatic rings. The summed E-state index contributed by atoms with van der Waals surface area (Å²) in [4.78, 5) is 2.37. The molecule has 0 saturated heterocycles. The van der Waals surface area contributed by atoms with E-state index in [4.69, 9.17) is 0 Å². The third-order valence-electron chi connectivity index (χ3n) is 4.27. The van der Waals surface area contributed by atoms with E-state index < -0.39 is 0 Å². The van der Waals surface area contributed by atoms with Gasteiger partial charge in [-0.2, -0.15) is 5.10 Å². The second kappa shape index (κ2) is 4.78. The molecule has 1 unspecified atom stereocenters. The highest BCUT2D eigenvalue weighted by molar-refractivity contribution is 5.06. The van der Waals surface area contributed by atoms with Crippen LogP contribution in [0.15, 0.2) is 12.3 Å². The van der Waals surface area contributed by atoms with Crippen molar-refractivity contribution in [1.29, 1.82) is 0 Å². The number of hydrogen-bond donors (Lipinski definition) is 1. The first-order valence-corrected chi connectivity index (χ1v) is 6.44. The Kier molecular flexibility index (Phi) is 3.54.